The molecule has 7 heteroatoms. The topological polar surface area (TPSA) is 81.7 Å². The molecule has 0 aliphatic heterocycles. The molecule has 0 saturated carbocycles. The second-order valence-corrected chi connectivity index (χ2v) is 10.5. The van der Waals surface area contributed by atoms with Gasteiger partial charge in [-0.25, -0.2) is 13.2 Å². The Morgan fingerprint density at radius 3 is 1.91 bits per heavy atom. The SMILES string of the molecule is CCCCCCCCCCCCC(Oc1ccc(NS(=O)(=O)CCCC)cc1)C(=O)OCC. The first-order valence-electron chi connectivity index (χ1n) is 12.9. The number of anilines is 1. The van der Waals surface area contributed by atoms with Crippen LogP contribution in [0, 0.1) is 0 Å². The molecular formula is C26H45NO5S. The van der Waals surface area contributed by atoms with Gasteiger partial charge >= 0.3 is 5.97 Å². The van der Waals surface area contributed by atoms with Crippen molar-refractivity contribution in [3.8, 4) is 5.75 Å². The van der Waals surface area contributed by atoms with Gasteiger partial charge in [0.2, 0.25) is 10.0 Å². The maximum atomic E-state index is 12.4. The number of hydrogen-bond donors (Lipinski definition) is 1. The van der Waals surface area contributed by atoms with Crippen LogP contribution in [-0.4, -0.2) is 32.9 Å². The molecule has 0 bridgehead atoms. The zero-order valence-corrected chi connectivity index (χ0v) is 21.8. The molecule has 0 aromatic heterocycles. The Morgan fingerprint density at radius 1 is 0.818 bits per heavy atom. The van der Waals surface area contributed by atoms with Crippen LogP contribution in [-0.2, 0) is 19.6 Å². The summed E-state index contributed by atoms with van der Waals surface area (Å²) >= 11 is 0. The molecule has 190 valence electrons. The zero-order valence-electron chi connectivity index (χ0n) is 20.9. The molecule has 1 aromatic rings. The molecule has 1 rings (SSSR count). The average Bonchev–Trinajstić information content (AvgIpc) is 2.79. The first-order valence-corrected chi connectivity index (χ1v) is 14.5. The number of carbonyl (C=O) groups excluding carboxylic acids is 1. The van der Waals surface area contributed by atoms with Gasteiger partial charge in [-0.1, -0.05) is 78.1 Å². The molecule has 6 nitrogen and oxygen atoms in total. The van der Waals surface area contributed by atoms with Crippen molar-refractivity contribution in [1.29, 1.82) is 0 Å². The number of hydrogen-bond acceptors (Lipinski definition) is 5. The number of carbonyl (C=O) groups is 1. The van der Waals surface area contributed by atoms with Gasteiger partial charge in [0.25, 0.3) is 0 Å². The van der Waals surface area contributed by atoms with Crippen LogP contribution in [0.5, 0.6) is 5.75 Å². The number of esters is 1. The predicted molar refractivity (Wildman–Crippen MR) is 136 cm³/mol. The quantitative estimate of drug-likeness (QED) is 0.162. The van der Waals surface area contributed by atoms with E-state index < -0.39 is 16.1 Å². The van der Waals surface area contributed by atoms with Gasteiger partial charge in [-0.2, -0.15) is 0 Å². The Hall–Kier alpha value is -1.76. The molecule has 0 radical (unpaired) electrons. The van der Waals surface area contributed by atoms with Crippen molar-refractivity contribution in [2.75, 3.05) is 17.1 Å². The Labute approximate surface area is 201 Å². The Balaban J connectivity index is 2.46. The fraction of sp³-hybridized carbons (Fsp3) is 0.731. The maximum absolute atomic E-state index is 12.4. The van der Waals surface area contributed by atoms with Crippen LogP contribution < -0.4 is 9.46 Å². The summed E-state index contributed by atoms with van der Waals surface area (Å²) in [7, 11) is -3.35. The molecule has 0 aliphatic carbocycles. The highest BCUT2D eigenvalue weighted by atomic mass is 32.2. The lowest BCUT2D eigenvalue weighted by Gasteiger charge is -2.18. The molecule has 1 atom stereocenters. The molecule has 0 aliphatic rings. The number of nitrogens with one attached hydrogen (secondary N) is 1. The Kier molecular flexibility index (Phi) is 15.7. The minimum Gasteiger partial charge on any atom is -0.479 e. The van der Waals surface area contributed by atoms with Crippen LogP contribution in [0.4, 0.5) is 5.69 Å². The fourth-order valence-electron chi connectivity index (χ4n) is 3.61. The molecule has 0 fully saturated rings. The predicted octanol–water partition coefficient (Wildman–Crippen LogP) is 6.85. The van der Waals surface area contributed by atoms with E-state index in [9.17, 15) is 13.2 Å². The lowest BCUT2D eigenvalue weighted by atomic mass is 10.0. The lowest BCUT2D eigenvalue weighted by molar-refractivity contribution is -0.151. The van der Waals surface area contributed by atoms with Crippen molar-refractivity contribution in [3.63, 3.8) is 0 Å². The lowest BCUT2D eigenvalue weighted by Crippen LogP contribution is -2.29. The van der Waals surface area contributed by atoms with Gasteiger partial charge in [0.1, 0.15) is 5.75 Å². The standard InChI is InChI=1S/C26H45NO5S/c1-4-7-9-10-11-12-13-14-15-16-17-25(26(28)31-6-3)32-24-20-18-23(19-21-24)27-33(29,30)22-8-5-2/h18-21,25,27H,4-17,22H2,1-3H3. The van der Waals surface area contributed by atoms with E-state index in [1.54, 1.807) is 31.2 Å². The van der Waals surface area contributed by atoms with Crippen molar-refractivity contribution in [2.45, 2.75) is 110 Å². The smallest absolute Gasteiger partial charge is 0.347 e. The third kappa shape index (κ3) is 14.2. The highest BCUT2D eigenvalue weighted by Gasteiger charge is 2.21. The van der Waals surface area contributed by atoms with Crippen LogP contribution in [0.2, 0.25) is 0 Å². The molecular weight excluding hydrogens is 438 g/mol. The number of sulfonamides is 1. The summed E-state index contributed by atoms with van der Waals surface area (Å²) in [5.74, 6) is 0.278. The number of rotatable bonds is 20. The Bertz CT molecular complexity index is 734. The summed E-state index contributed by atoms with van der Waals surface area (Å²) in [5.41, 5.74) is 0.487. The maximum Gasteiger partial charge on any atom is 0.347 e. The van der Waals surface area contributed by atoms with Crippen LogP contribution in [0.1, 0.15) is 104 Å². The van der Waals surface area contributed by atoms with Gasteiger partial charge in [-0.05, 0) is 50.5 Å². The van der Waals surface area contributed by atoms with Crippen LogP contribution in [0.25, 0.3) is 0 Å². The minimum absolute atomic E-state index is 0.103. The third-order valence-corrected chi connectivity index (χ3v) is 6.91. The molecule has 1 N–H and O–H groups in total. The summed E-state index contributed by atoms with van der Waals surface area (Å²) in [6.07, 6.45) is 13.7. The number of unbranched alkanes of at least 4 members (excludes halogenated alkanes) is 10. The zero-order chi connectivity index (χ0) is 24.4. The summed E-state index contributed by atoms with van der Waals surface area (Å²) in [6.45, 7) is 6.29. The number of ether oxygens (including phenoxy) is 2. The van der Waals surface area contributed by atoms with E-state index in [4.69, 9.17) is 9.47 Å². The summed E-state index contributed by atoms with van der Waals surface area (Å²) in [4.78, 5) is 12.4. The first-order chi connectivity index (χ1) is 15.9. The fourth-order valence-corrected chi connectivity index (χ4v) is 4.87. The minimum atomic E-state index is -3.35. The molecule has 0 spiro atoms. The Morgan fingerprint density at radius 2 is 1.36 bits per heavy atom. The summed E-state index contributed by atoms with van der Waals surface area (Å²) in [5, 5.41) is 0. The van der Waals surface area contributed by atoms with Gasteiger partial charge in [0.05, 0.1) is 12.4 Å². The monoisotopic (exact) mass is 483 g/mol. The van der Waals surface area contributed by atoms with Crippen LogP contribution >= 0.6 is 0 Å². The van der Waals surface area contributed by atoms with Gasteiger partial charge in [0, 0.05) is 5.69 Å². The van der Waals surface area contributed by atoms with E-state index in [0.717, 1.165) is 19.3 Å². The molecule has 0 heterocycles. The number of benzene rings is 1. The van der Waals surface area contributed by atoms with Crippen molar-refractivity contribution < 1.29 is 22.7 Å². The van der Waals surface area contributed by atoms with E-state index in [1.165, 1.54) is 51.4 Å². The van der Waals surface area contributed by atoms with E-state index in [2.05, 4.69) is 11.6 Å². The highest BCUT2D eigenvalue weighted by Crippen LogP contribution is 2.21. The van der Waals surface area contributed by atoms with Crippen molar-refractivity contribution in [1.82, 2.24) is 0 Å². The second-order valence-electron chi connectivity index (χ2n) is 8.63. The second kappa shape index (κ2) is 17.7. The molecule has 1 aromatic carbocycles. The van der Waals surface area contributed by atoms with E-state index in [1.807, 2.05) is 6.92 Å². The first kappa shape index (κ1) is 29.3. The molecule has 0 saturated heterocycles. The van der Waals surface area contributed by atoms with E-state index in [0.29, 0.717) is 30.9 Å². The largest absolute Gasteiger partial charge is 0.479 e. The van der Waals surface area contributed by atoms with Crippen molar-refractivity contribution in [2.24, 2.45) is 0 Å². The van der Waals surface area contributed by atoms with Crippen LogP contribution in [0.3, 0.4) is 0 Å². The van der Waals surface area contributed by atoms with E-state index >= 15 is 0 Å². The normalized spacial score (nSPS) is 12.3. The van der Waals surface area contributed by atoms with Crippen LogP contribution in [0.15, 0.2) is 24.3 Å². The molecule has 33 heavy (non-hydrogen) atoms. The molecule has 0 amide bonds. The third-order valence-electron chi connectivity index (χ3n) is 5.54. The summed E-state index contributed by atoms with van der Waals surface area (Å²) < 4.78 is 37.8. The van der Waals surface area contributed by atoms with Gasteiger partial charge in [-0.15, -0.1) is 0 Å². The van der Waals surface area contributed by atoms with Gasteiger partial charge in [0.15, 0.2) is 6.10 Å². The summed E-state index contributed by atoms with van der Waals surface area (Å²) in [6, 6.07) is 6.67. The highest BCUT2D eigenvalue weighted by molar-refractivity contribution is 7.92. The van der Waals surface area contributed by atoms with Gasteiger partial charge < -0.3 is 9.47 Å². The van der Waals surface area contributed by atoms with Gasteiger partial charge in [-0.3, -0.25) is 4.72 Å². The van der Waals surface area contributed by atoms with Crippen molar-refractivity contribution >= 4 is 21.7 Å². The van der Waals surface area contributed by atoms with E-state index in [-0.39, 0.29) is 11.7 Å². The van der Waals surface area contributed by atoms with Crippen molar-refractivity contribution in [3.05, 3.63) is 24.3 Å². The molecule has 1 unspecified atom stereocenters. The average molecular weight is 484 g/mol.